The molecule has 0 amide bonds. The molecule has 0 radical (unpaired) electrons. The zero-order valence-corrected chi connectivity index (χ0v) is 10.1. The molecule has 0 heterocycles. The molecule has 2 rings (SSSR count). The SMILES string of the molecule is NC(C(=O)O)c1cccc(C(=O)c2ccccc2)c1.[MgH2]. The summed E-state index contributed by atoms with van der Waals surface area (Å²) in [7, 11) is 0. The van der Waals surface area contributed by atoms with Crippen LogP contribution in [0, 0.1) is 0 Å². The molecular formula is C15H15MgNO3. The van der Waals surface area contributed by atoms with Crippen molar-refractivity contribution >= 4 is 34.8 Å². The van der Waals surface area contributed by atoms with Gasteiger partial charge in [-0.05, 0) is 11.6 Å². The van der Waals surface area contributed by atoms with Crippen molar-refractivity contribution in [3.63, 3.8) is 0 Å². The smallest absolute Gasteiger partial charge is 0.325 e. The minimum absolute atomic E-state index is 0. The maximum absolute atomic E-state index is 12.2. The lowest BCUT2D eigenvalue weighted by atomic mass is 9.99. The van der Waals surface area contributed by atoms with Crippen LogP contribution >= 0.6 is 0 Å². The lowest BCUT2D eigenvalue weighted by Gasteiger charge is -2.08. The van der Waals surface area contributed by atoms with Gasteiger partial charge < -0.3 is 10.8 Å². The summed E-state index contributed by atoms with van der Waals surface area (Å²) < 4.78 is 0. The van der Waals surface area contributed by atoms with E-state index >= 15 is 0 Å². The number of hydrogen-bond donors (Lipinski definition) is 2. The van der Waals surface area contributed by atoms with Gasteiger partial charge in [0.15, 0.2) is 5.78 Å². The number of aliphatic carboxylic acids is 1. The highest BCUT2D eigenvalue weighted by Gasteiger charge is 2.16. The van der Waals surface area contributed by atoms with Crippen molar-refractivity contribution < 1.29 is 14.7 Å². The van der Waals surface area contributed by atoms with Crippen molar-refractivity contribution in [2.75, 3.05) is 0 Å². The number of carbonyl (C=O) groups is 2. The Morgan fingerprint density at radius 2 is 1.55 bits per heavy atom. The Balaban J connectivity index is 0.00000200. The molecule has 100 valence electrons. The quantitative estimate of drug-likeness (QED) is 0.649. The van der Waals surface area contributed by atoms with E-state index in [-0.39, 0.29) is 28.8 Å². The summed E-state index contributed by atoms with van der Waals surface area (Å²) in [6.45, 7) is 0. The lowest BCUT2D eigenvalue weighted by Crippen LogP contribution is -2.20. The van der Waals surface area contributed by atoms with Crippen molar-refractivity contribution in [3.05, 3.63) is 71.3 Å². The molecule has 20 heavy (non-hydrogen) atoms. The normalized spacial score (nSPS) is 11.2. The summed E-state index contributed by atoms with van der Waals surface area (Å²) in [4.78, 5) is 23.0. The van der Waals surface area contributed by atoms with E-state index in [4.69, 9.17) is 10.8 Å². The minimum Gasteiger partial charge on any atom is -0.480 e. The molecule has 0 aliphatic rings. The third kappa shape index (κ3) is 3.66. The van der Waals surface area contributed by atoms with Crippen molar-refractivity contribution in [1.82, 2.24) is 0 Å². The Morgan fingerprint density at radius 1 is 0.950 bits per heavy atom. The number of rotatable bonds is 4. The molecule has 3 N–H and O–H groups in total. The number of carboxylic acid groups (broad SMARTS) is 1. The van der Waals surface area contributed by atoms with Crippen LogP contribution in [0.4, 0.5) is 0 Å². The zero-order chi connectivity index (χ0) is 13.8. The molecule has 2 aromatic rings. The van der Waals surface area contributed by atoms with Gasteiger partial charge in [0, 0.05) is 11.1 Å². The number of nitrogens with two attached hydrogens (primary N) is 1. The van der Waals surface area contributed by atoms with Gasteiger partial charge in [-0.25, -0.2) is 0 Å². The Labute approximate surface area is 132 Å². The predicted molar refractivity (Wildman–Crippen MR) is 79.4 cm³/mol. The highest BCUT2D eigenvalue weighted by molar-refractivity contribution is 6.09. The van der Waals surface area contributed by atoms with Crippen LogP contribution < -0.4 is 5.73 Å². The fourth-order valence-electron chi connectivity index (χ4n) is 1.77. The van der Waals surface area contributed by atoms with Gasteiger partial charge in [0.2, 0.25) is 0 Å². The molecule has 0 spiro atoms. The average molecular weight is 282 g/mol. The molecular weight excluding hydrogens is 266 g/mol. The van der Waals surface area contributed by atoms with E-state index in [2.05, 4.69) is 0 Å². The maximum Gasteiger partial charge on any atom is 0.325 e. The van der Waals surface area contributed by atoms with Crippen molar-refractivity contribution in [2.24, 2.45) is 5.73 Å². The molecule has 1 atom stereocenters. The van der Waals surface area contributed by atoms with E-state index in [9.17, 15) is 9.59 Å². The van der Waals surface area contributed by atoms with Crippen LogP contribution in [0.25, 0.3) is 0 Å². The Bertz CT molecular complexity index is 614. The molecule has 5 heteroatoms. The van der Waals surface area contributed by atoms with Crippen LogP contribution in [0.5, 0.6) is 0 Å². The largest absolute Gasteiger partial charge is 0.480 e. The van der Waals surface area contributed by atoms with Crippen molar-refractivity contribution in [2.45, 2.75) is 6.04 Å². The summed E-state index contributed by atoms with van der Waals surface area (Å²) in [5.41, 5.74) is 6.94. The minimum atomic E-state index is -1.12. The summed E-state index contributed by atoms with van der Waals surface area (Å²) in [5, 5.41) is 8.87. The Hall–Kier alpha value is -1.69. The van der Waals surface area contributed by atoms with Gasteiger partial charge in [-0.1, -0.05) is 48.5 Å². The Morgan fingerprint density at radius 3 is 2.15 bits per heavy atom. The molecule has 0 saturated heterocycles. The maximum atomic E-state index is 12.2. The monoisotopic (exact) mass is 281 g/mol. The van der Waals surface area contributed by atoms with Crippen molar-refractivity contribution in [1.29, 1.82) is 0 Å². The summed E-state index contributed by atoms with van der Waals surface area (Å²) in [6.07, 6.45) is 0. The number of carbonyl (C=O) groups excluding carboxylic acids is 1. The first kappa shape index (κ1) is 16.4. The zero-order valence-electron chi connectivity index (χ0n) is 10.1. The molecule has 0 aliphatic heterocycles. The van der Waals surface area contributed by atoms with Gasteiger partial charge in [0.05, 0.1) is 0 Å². The van der Waals surface area contributed by atoms with E-state index in [0.29, 0.717) is 16.7 Å². The molecule has 2 aromatic carbocycles. The lowest BCUT2D eigenvalue weighted by molar-refractivity contribution is -0.138. The van der Waals surface area contributed by atoms with E-state index < -0.39 is 12.0 Å². The number of ketones is 1. The van der Waals surface area contributed by atoms with Crippen LogP contribution in [0.3, 0.4) is 0 Å². The summed E-state index contributed by atoms with van der Waals surface area (Å²) in [6, 6.07) is 14.1. The molecule has 0 fully saturated rings. The van der Waals surface area contributed by atoms with E-state index in [1.54, 1.807) is 42.5 Å². The van der Waals surface area contributed by atoms with Crippen LogP contribution in [0.1, 0.15) is 27.5 Å². The first-order valence-corrected chi connectivity index (χ1v) is 5.77. The van der Waals surface area contributed by atoms with Crippen LogP contribution in [-0.4, -0.2) is 39.9 Å². The summed E-state index contributed by atoms with van der Waals surface area (Å²) in [5.74, 6) is -1.27. The number of benzene rings is 2. The number of hydrogen-bond acceptors (Lipinski definition) is 3. The standard InChI is InChI=1S/C15H13NO3.Mg.2H/c16-13(15(18)19)11-7-4-8-12(9-11)14(17)10-5-2-1-3-6-10;;;/h1-9,13H,16H2,(H,18,19);;;. The molecule has 1 unspecified atom stereocenters. The van der Waals surface area contributed by atoms with Crippen molar-refractivity contribution in [3.8, 4) is 0 Å². The van der Waals surface area contributed by atoms with Crippen LogP contribution in [0.15, 0.2) is 54.6 Å². The fourth-order valence-corrected chi connectivity index (χ4v) is 1.77. The average Bonchev–Trinajstić information content (AvgIpc) is 2.46. The van der Waals surface area contributed by atoms with Crippen LogP contribution in [-0.2, 0) is 4.79 Å². The van der Waals surface area contributed by atoms with Crippen LogP contribution in [0.2, 0.25) is 0 Å². The summed E-state index contributed by atoms with van der Waals surface area (Å²) >= 11 is 0. The molecule has 0 saturated carbocycles. The second-order valence-electron chi connectivity index (χ2n) is 4.14. The first-order chi connectivity index (χ1) is 9.09. The third-order valence-corrected chi connectivity index (χ3v) is 2.81. The highest BCUT2D eigenvalue weighted by Crippen LogP contribution is 2.16. The number of carboxylic acids is 1. The molecule has 4 nitrogen and oxygen atoms in total. The van der Waals surface area contributed by atoms with Gasteiger partial charge in [-0.3, -0.25) is 9.59 Å². The van der Waals surface area contributed by atoms with Gasteiger partial charge in [-0.15, -0.1) is 0 Å². The second-order valence-corrected chi connectivity index (χ2v) is 4.14. The fraction of sp³-hybridized carbons (Fsp3) is 0.0667. The molecule has 0 aliphatic carbocycles. The van der Waals surface area contributed by atoms with E-state index in [0.717, 1.165) is 0 Å². The third-order valence-electron chi connectivity index (χ3n) is 2.81. The van der Waals surface area contributed by atoms with E-state index in [1.807, 2.05) is 6.07 Å². The molecule has 0 aromatic heterocycles. The second kappa shape index (κ2) is 7.19. The first-order valence-electron chi connectivity index (χ1n) is 5.77. The highest BCUT2D eigenvalue weighted by atomic mass is 24.3. The van der Waals surface area contributed by atoms with Gasteiger partial charge in [0.25, 0.3) is 0 Å². The van der Waals surface area contributed by atoms with Gasteiger partial charge >= 0.3 is 29.0 Å². The topological polar surface area (TPSA) is 80.4 Å². The van der Waals surface area contributed by atoms with Gasteiger partial charge in [-0.2, -0.15) is 0 Å². The van der Waals surface area contributed by atoms with E-state index in [1.165, 1.54) is 6.07 Å². The van der Waals surface area contributed by atoms with Gasteiger partial charge in [0.1, 0.15) is 6.04 Å². The molecule has 0 bridgehead atoms. The Kier molecular flexibility index (Phi) is 5.88. The predicted octanol–water partition coefficient (Wildman–Crippen LogP) is 1.09.